The van der Waals surface area contributed by atoms with Crippen molar-refractivity contribution in [3.8, 4) is 5.69 Å². The molecule has 1 aromatic carbocycles. The molecule has 0 fully saturated rings. The fourth-order valence-electron chi connectivity index (χ4n) is 2.31. The van der Waals surface area contributed by atoms with Gasteiger partial charge in [-0.1, -0.05) is 13.8 Å². The van der Waals surface area contributed by atoms with Crippen molar-refractivity contribution in [1.29, 1.82) is 0 Å². The second-order valence-electron chi connectivity index (χ2n) is 6.56. The van der Waals surface area contributed by atoms with Crippen LogP contribution >= 0.6 is 0 Å². The molecule has 0 saturated carbocycles. The number of aryl methyl sites for hydroxylation is 2. The molecule has 2 aromatic rings. The summed E-state index contributed by atoms with van der Waals surface area (Å²) in [5.74, 6) is -0.498. The molecule has 1 aromatic heterocycles. The van der Waals surface area contributed by atoms with Crippen LogP contribution in [0.2, 0.25) is 0 Å². The van der Waals surface area contributed by atoms with Crippen molar-refractivity contribution in [2.24, 2.45) is 5.92 Å². The minimum absolute atomic E-state index is 0.0336. The van der Waals surface area contributed by atoms with E-state index in [9.17, 15) is 9.59 Å². The first-order valence-electron chi connectivity index (χ1n) is 8.38. The molecule has 1 amide bonds. The number of esters is 1. The average molecular weight is 343 g/mol. The van der Waals surface area contributed by atoms with E-state index in [-0.39, 0.29) is 18.6 Å². The Morgan fingerprint density at radius 1 is 1.16 bits per heavy atom. The van der Waals surface area contributed by atoms with Gasteiger partial charge < -0.3 is 10.1 Å². The third-order valence-corrected chi connectivity index (χ3v) is 4.08. The standard InChI is InChI=1S/C19H25N3O3/c1-12(2)15(5)20-18(23)11-25-19(24)16-6-8-17(9-7-16)22-14(4)10-13(3)21-22/h6-10,12,15H,11H2,1-5H3,(H,20,23)/t15-/m1/s1. The number of nitrogens with one attached hydrogen (secondary N) is 1. The van der Waals surface area contributed by atoms with Crippen LogP contribution in [0, 0.1) is 19.8 Å². The maximum absolute atomic E-state index is 12.1. The highest BCUT2D eigenvalue weighted by molar-refractivity contribution is 5.91. The molecule has 0 saturated heterocycles. The number of carbonyl (C=O) groups is 2. The average Bonchev–Trinajstić information content (AvgIpc) is 2.91. The molecule has 0 unspecified atom stereocenters. The van der Waals surface area contributed by atoms with Crippen molar-refractivity contribution >= 4 is 11.9 Å². The highest BCUT2D eigenvalue weighted by atomic mass is 16.5. The van der Waals surface area contributed by atoms with Crippen LogP contribution in [0.15, 0.2) is 30.3 Å². The molecule has 0 bridgehead atoms. The largest absolute Gasteiger partial charge is 0.452 e. The van der Waals surface area contributed by atoms with Gasteiger partial charge in [0.2, 0.25) is 0 Å². The molecule has 0 aliphatic rings. The van der Waals surface area contributed by atoms with Crippen LogP contribution in [0.1, 0.15) is 42.5 Å². The summed E-state index contributed by atoms with van der Waals surface area (Å²) >= 11 is 0. The summed E-state index contributed by atoms with van der Waals surface area (Å²) in [5.41, 5.74) is 3.21. The fraction of sp³-hybridized carbons (Fsp3) is 0.421. The number of rotatable bonds is 6. The number of aromatic nitrogens is 2. The molecular formula is C19H25N3O3. The zero-order valence-electron chi connectivity index (χ0n) is 15.4. The summed E-state index contributed by atoms with van der Waals surface area (Å²) in [6.07, 6.45) is 0. The highest BCUT2D eigenvalue weighted by Gasteiger charge is 2.14. The second kappa shape index (κ2) is 7.96. The molecule has 134 valence electrons. The molecule has 0 radical (unpaired) electrons. The molecule has 6 heteroatoms. The molecule has 2 rings (SSSR count). The van der Waals surface area contributed by atoms with Crippen LogP contribution in [0.25, 0.3) is 5.69 Å². The Hall–Kier alpha value is -2.63. The van der Waals surface area contributed by atoms with Crippen LogP contribution in [0.5, 0.6) is 0 Å². The Morgan fingerprint density at radius 2 is 1.80 bits per heavy atom. The Balaban J connectivity index is 1.94. The summed E-state index contributed by atoms with van der Waals surface area (Å²) in [4.78, 5) is 23.8. The normalized spacial score (nSPS) is 12.1. The summed E-state index contributed by atoms with van der Waals surface area (Å²) in [7, 11) is 0. The number of hydrogen-bond acceptors (Lipinski definition) is 4. The summed E-state index contributed by atoms with van der Waals surface area (Å²) in [6.45, 7) is 9.57. The molecule has 25 heavy (non-hydrogen) atoms. The van der Waals surface area contributed by atoms with Gasteiger partial charge in [0.05, 0.1) is 16.9 Å². The Labute approximate surface area is 148 Å². The predicted octanol–water partition coefficient (Wildman–Crippen LogP) is 2.81. The van der Waals surface area contributed by atoms with Gasteiger partial charge >= 0.3 is 5.97 Å². The Morgan fingerprint density at radius 3 is 2.32 bits per heavy atom. The van der Waals surface area contributed by atoms with Crippen molar-refractivity contribution in [3.05, 3.63) is 47.3 Å². The lowest BCUT2D eigenvalue weighted by Gasteiger charge is -2.17. The minimum Gasteiger partial charge on any atom is -0.452 e. The number of nitrogens with zero attached hydrogens (tertiary/aromatic N) is 2. The SMILES string of the molecule is Cc1cc(C)n(-c2ccc(C(=O)OCC(=O)N[C@H](C)C(C)C)cc2)n1. The van der Waals surface area contributed by atoms with Crippen molar-refractivity contribution in [2.75, 3.05) is 6.61 Å². The first-order chi connectivity index (χ1) is 11.8. The van der Waals surface area contributed by atoms with Crippen molar-refractivity contribution in [2.45, 2.75) is 40.7 Å². The number of amides is 1. The lowest BCUT2D eigenvalue weighted by atomic mass is 10.1. The fourth-order valence-corrected chi connectivity index (χ4v) is 2.31. The number of carbonyl (C=O) groups excluding carboxylic acids is 2. The monoisotopic (exact) mass is 343 g/mol. The first-order valence-corrected chi connectivity index (χ1v) is 8.38. The van der Waals surface area contributed by atoms with E-state index in [0.717, 1.165) is 17.1 Å². The van der Waals surface area contributed by atoms with Crippen LogP contribution < -0.4 is 5.32 Å². The van der Waals surface area contributed by atoms with Gasteiger partial charge in [-0.2, -0.15) is 5.10 Å². The van der Waals surface area contributed by atoms with E-state index in [1.54, 1.807) is 24.3 Å². The van der Waals surface area contributed by atoms with Gasteiger partial charge in [-0.3, -0.25) is 4.79 Å². The molecule has 0 aliphatic carbocycles. The van der Waals surface area contributed by atoms with Crippen LogP contribution in [-0.4, -0.2) is 34.3 Å². The van der Waals surface area contributed by atoms with Gasteiger partial charge in [-0.05, 0) is 57.0 Å². The number of hydrogen-bond donors (Lipinski definition) is 1. The van der Waals surface area contributed by atoms with E-state index < -0.39 is 5.97 Å². The summed E-state index contributed by atoms with van der Waals surface area (Å²) in [5, 5.41) is 7.20. The van der Waals surface area contributed by atoms with Gasteiger partial charge in [-0.25, -0.2) is 9.48 Å². The van der Waals surface area contributed by atoms with Crippen LogP contribution in [0.4, 0.5) is 0 Å². The van der Waals surface area contributed by atoms with Gasteiger partial charge in [0.1, 0.15) is 0 Å². The lowest BCUT2D eigenvalue weighted by Crippen LogP contribution is -2.38. The molecule has 1 N–H and O–H groups in total. The molecule has 0 aliphatic heterocycles. The van der Waals surface area contributed by atoms with E-state index in [1.165, 1.54) is 0 Å². The van der Waals surface area contributed by atoms with Crippen molar-refractivity contribution in [1.82, 2.24) is 15.1 Å². The highest BCUT2D eigenvalue weighted by Crippen LogP contribution is 2.13. The third-order valence-electron chi connectivity index (χ3n) is 4.08. The zero-order chi connectivity index (χ0) is 18.6. The van der Waals surface area contributed by atoms with Crippen molar-refractivity contribution < 1.29 is 14.3 Å². The van der Waals surface area contributed by atoms with Crippen LogP contribution in [-0.2, 0) is 9.53 Å². The maximum Gasteiger partial charge on any atom is 0.338 e. The number of benzene rings is 1. The predicted molar refractivity (Wildman–Crippen MR) is 95.8 cm³/mol. The van der Waals surface area contributed by atoms with E-state index in [2.05, 4.69) is 10.4 Å². The summed E-state index contributed by atoms with van der Waals surface area (Å²) in [6, 6.07) is 8.96. The smallest absolute Gasteiger partial charge is 0.338 e. The maximum atomic E-state index is 12.1. The zero-order valence-corrected chi connectivity index (χ0v) is 15.4. The molecule has 6 nitrogen and oxygen atoms in total. The second-order valence-corrected chi connectivity index (χ2v) is 6.56. The van der Waals surface area contributed by atoms with Gasteiger partial charge in [-0.15, -0.1) is 0 Å². The molecule has 1 heterocycles. The van der Waals surface area contributed by atoms with E-state index >= 15 is 0 Å². The number of ether oxygens (including phenoxy) is 1. The lowest BCUT2D eigenvalue weighted by molar-refractivity contribution is -0.125. The quantitative estimate of drug-likeness (QED) is 0.819. The van der Waals surface area contributed by atoms with Crippen molar-refractivity contribution in [3.63, 3.8) is 0 Å². The van der Waals surface area contributed by atoms with Gasteiger partial charge in [0.25, 0.3) is 5.91 Å². The van der Waals surface area contributed by atoms with Crippen LogP contribution in [0.3, 0.4) is 0 Å². The van der Waals surface area contributed by atoms with E-state index in [1.807, 2.05) is 45.4 Å². The first kappa shape index (κ1) is 18.7. The molecule has 1 atom stereocenters. The van der Waals surface area contributed by atoms with E-state index in [4.69, 9.17) is 4.74 Å². The molecular weight excluding hydrogens is 318 g/mol. The van der Waals surface area contributed by atoms with Gasteiger partial charge in [0, 0.05) is 11.7 Å². The van der Waals surface area contributed by atoms with Gasteiger partial charge in [0.15, 0.2) is 6.61 Å². The van der Waals surface area contributed by atoms with E-state index in [0.29, 0.717) is 11.5 Å². The Bertz CT molecular complexity index is 748. The molecule has 0 spiro atoms. The Kier molecular flexibility index (Phi) is 5.96. The topological polar surface area (TPSA) is 73.2 Å². The minimum atomic E-state index is -0.521. The summed E-state index contributed by atoms with van der Waals surface area (Å²) < 4.78 is 6.88. The third kappa shape index (κ3) is 4.92.